The van der Waals surface area contributed by atoms with Gasteiger partial charge in [-0.1, -0.05) is 20.8 Å². The second-order valence-electron chi connectivity index (χ2n) is 7.83. The molecule has 0 unspecified atom stereocenters. The van der Waals surface area contributed by atoms with Gasteiger partial charge in [-0.2, -0.15) is 0 Å². The third kappa shape index (κ3) is 0.994. The molecule has 6 heteroatoms. The van der Waals surface area contributed by atoms with Gasteiger partial charge in [0.25, 0.3) is 0 Å². The number of fused-ring (bicyclic) bond motifs is 8. The van der Waals surface area contributed by atoms with Crippen LogP contribution in [0.15, 0.2) is 0 Å². The summed E-state index contributed by atoms with van der Waals surface area (Å²) in [4.78, 5) is 12.4. The third-order valence-electron chi connectivity index (χ3n) is 6.97. The molecular weight excluding hydrogens is 276 g/mol. The molecule has 6 nitrogen and oxygen atoms in total. The van der Waals surface area contributed by atoms with Crippen molar-refractivity contribution in [2.75, 3.05) is 6.61 Å². The molecule has 0 aromatic rings. The summed E-state index contributed by atoms with van der Waals surface area (Å²) in [6, 6.07) is 0. The Morgan fingerprint density at radius 3 is 2.57 bits per heavy atom. The number of aliphatic hydroxyl groups is 2. The zero-order valence-corrected chi connectivity index (χ0v) is 12.3. The van der Waals surface area contributed by atoms with Gasteiger partial charge in [-0.15, -0.1) is 0 Å². The second kappa shape index (κ2) is 3.15. The lowest BCUT2D eigenvalue weighted by molar-refractivity contribution is -0.241. The van der Waals surface area contributed by atoms with Crippen LogP contribution in [0.5, 0.6) is 0 Å². The van der Waals surface area contributed by atoms with E-state index in [1.807, 2.05) is 20.8 Å². The molecule has 116 valence electrons. The largest absolute Gasteiger partial charge is 0.459 e. The van der Waals surface area contributed by atoms with E-state index in [1.54, 1.807) is 0 Å². The van der Waals surface area contributed by atoms with E-state index in [0.717, 1.165) is 0 Å². The Morgan fingerprint density at radius 1 is 1.33 bits per heavy atom. The van der Waals surface area contributed by atoms with Crippen molar-refractivity contribution in [2.45, 2.75) is 56.4 Å². The van der Waals surface area contributed by atoms with Crippen molar-refractivity contribution in [3.63, 3.8) is 0 Å². The number of hydrogen-bond donors (Lipinski definition) is 2. The smallest absolute Gasteiger partial charge is 0.312 e. The number of carbonyl (C=O) groups excluding carboxylic acids is 1. The van der Waals surface area contributed by atoms with E-state index in [9.17, 15) is 15.0 Å². The number of hydrogen-bond acceptors (Lipinski definition) is 6. The van der Waals surface area contributed by atoms with Crippen molar-refractivity contribution in [1.82, 2.24) is 0 Å². The average Bonchev–Trinajstić information content (AvgIpc) is 3.27. The predicted octanol–water partition coefficient (Wildman–Crippen LogP) is -0.538. The first kappa shape index (κ1) is 12.8. The third-order valence-corrected chi connectivity index (χ3v) is 6.97. The zero-order valence-electron chi connectivity index (χ0n) is 12.3. The molecule has 0 amide bonds. The van der Waals surface area contributed by atoms with Crippen molar-refractivity contribution in [3.05, 3.63) is 0 Å². The van der Waals surface area contributed by atoms with Gasteiger partial charge in [0.2, 0.25) is 0 Å². The highest BCUT2D eigenvalue weighted by Crippen LogP contribution is 2.76. The average molecular weight is 296 g/mol. The molecule has 9 atom stereocenters. The predicted molar refractivity (Wildman–Crippen MR) is 68.1 cm³/mol. The van der Waals surface area contributed by atoms with E-state index >= 15 is 0 Å². The fourth-order valence-corrected chi connectivity index (χ4v) is 5.73. The number of aliphatic hydroxyl groups excluding tert-OH is 1. The Labute approximate surface area is 122 Å². The first-order chi connectivity index (χ1) is 9.80. The lowest BCUT2D eigenvalue weighted by Crippen LogP contribution is -2.71. The summed E-state index contributed by atoms with van der Waals surface area (Å²) in [5.74, 6) is -1.11. The maximum Gasteiger partial charge on any atom is 0.312 e. The van der Waals surface area contributed by atoms with E-state index in [1.165, 1.54) is 0 Å². The molecule has 2 saturated carbocycles. The number of ether oxygens (including phenoxy) is 3. The molecule has 5 aliphatic rings. The highest BCUT2D eigenvalue weighted by molar-refractivity contribution is 5.79. The lowest BCUT2D eigenvalue weighted by atomic mass is 9.51. The highest BCUT2D eigenvalue weighted by Gasteiger charge is 2.94. The van der Waals surface area contributed by atoms with Gasteiger partial charge in [0.15, 0.2) is 0 Å². The molecule has 3 aliphatic heterocycles. The molecule has 2 aliphatic carbocycles. The van der Waals surface area contributed by atoms with Crippen molar-refractivity contribution in [2.24, 2.45) is 23.2 Å². The van der Waals surface area contributed by atoms with Gasteiger partial charge in [-0.3, -0.25) is 4.79 Å². The molecule has 5 fully saturated rings. The highest BCUT2D eigenvalue weighted by atomic mass is 16.7. The summed E-state index contributed by atoms with van der Waals surface area (Å²) in [5.41, 5.74) is -2.98. The number of esters is 1. The molecule has 0 radical (unpaired) electrons. The van der Waals surface area contributed by atoms with Crippen LogP contribution >= 0.6 is 0 Å². The summed E-state index contributed by atoms with van der Waals surface area (Å²) < 4.78 is 16.8. The Hall–Kier alpha value is -0.690. The maximum atomic E-state index is 12.4. The molecule has 2 bridgehead atoms. The van der Waals surface area contributed by atoms with Crippen molar-refractivity contribution in [1.29, 1.82) is 0 Å². The molecular formula is C15H20O6. The lowest BCUT2D eigenvalue weighted by Gasteiger charge is -2.54. The van der Waals surface area contributed by atoms with Crippen LogP contribution in [0.25, 0.3) is 0 Å². The molecule has 21 heavy (non-hydrogen) atoms. The van der Waals surface area contributed by atoms with Crippen LogP contribution in [0.2, 0.25) is 0 Å². The first-order valence-electron chi connectivity index (χ1n) is 7.71. The van der Waals surface area contributed by atoms with E-state index in [4.69, 9.17) is 14.2 Å². The van der Waals surface area contributed by atoms with E-state index in [-0.39, 0.29) is 17.9 Å². The molecule has 2 N–H and O–H groups in total. The van der Waals surface area contributed by atoms with Gasteiger partial charge in [0.1, 0.15) is 35.6 Å². The fourth-order valence-electron chi connectivity index (χ4n) is 5.73. The van der Waals surface area contributed by atoms with Crippen LogP contribution in [-0.4, -0.2) is 58.4 Å². The SMILES string of the molecule is CC(C)[C@@H]1[C@H]2OC(=O)[C@@H]1[C@]1(O)[C@H]3O[C@H]3[C@]3(CO3)[C@]1(C)[C@H]2O. The van der Waals surface area contributed by atoms with E-state index in [2.05, 4.69) is 0 Å². The Balaban J connectivity index is 1.74. The minimum Gasteiger partial charge on any atom is -0.459 e. The summed E-state index contributed by atoms with van der Waals surface area (Å²) in [7, 11) is 0. The summed E-state index contributed by atoms with van der Waals surface area (Å²) >= 11 is 0. The molecule has 3 heterocycles. The Bertz CT molecular complexity index is 556. The number of rotatable bonds is 1. The molecule has 1 spiro atoms. The molecule has 3 saturated heterocycles. The summed E-state index contributed by atoms with van der Waals surface area (Å²) in [6.45, 7) is 6.28. The molecule has 5 rings (SSSR count). The number of carbonyl (C=O) groups is 1. The van der Waals surface area contributed by atoms with Gasteiger partial charge in [0, 0.05) is 5.92 Å². The van der Waals surface area contributed by atoms with Crippen LogP contribution in [0.4, 0.5) is 0 Å². The van der Waals surface area contributed by atoms with Crippen LogP contribution in [0.1, 0.15) is 20.8 Å². The second-order valence-corrected chi connectivity index (χ2v) is 7.83. The maximum absolute atomic E-state index is 12.4. The Morgan fingerprint density at radius 2 is 2.00 bits per heavy atom. The zero-order chi connectivity index (χ0) is 14.9. The van der Waals surface area contributed by atoms with Crippen molar-refractivity contribution < 1.29 is 29.2 Å². The topological polar surface area (TPSA) is 91.8 Å². The van der Waals surface area contributed by atoms with Crippen LogP contribution in [0, 0.1) is 23.2 Å². The van der Waals surface area contributed by atoms with Gasteiger partial charge < -0.3 is 24.4 Å². The quantitative estimate of drug-likeness (QED) is 0.499. The van der Waals surface area contributed by atoms with Gasteiger partial charge in [-0.25, -0.2) is 0 Å². The molecule has 0 aromatic heterocycles. The van der Waals surface area contributed by atoms with Gasteiger partial charge >= 0.3 is 5.97 Å². The minimum absolute atomic E-state index is 0.128. The standard InChI is InChI=1S/C15H20O6/c1-5(2)6-7-12(17)20-8(6)9(16)13(3)14(4-19-14)10-11(21-10)15(7,13)18/h5-11,16,18H,4H2,1-3H3/t6-,7+,8+,9-,10+,11-,13-,14+,15-/m0/s1. The van der Waals surface area contributed by atoms with Crippen molar-refractivity contribution >= 4 is 5.97 Å². The fraction of sp³-hybridized carbons (Fsp3) is 0.933. The van der Waals surface area contributed by atoms with E-state index in [0.29, 0.717) is 6.61 Å². The summed E-state index contributed by atoms with van der Waals surface area (Å²) in [6.07, 6.45) is -2.14. The minimum atomic E-state index is -1.41. The first-order valence-corrected chi connectivity index (χ1v) is 7.71. The van der Waals surface area contributed by atoms with Crippen LogP contribution < -0.4 is 0 Å². The normalized spacial score (nSPS) is 66.3. The van der Waals surface area contributed by atoms with Gasteiger partial charge in [0.05, 0.1) is 17.9 Å². The van der Waals surface area contributed by atoms with Crippen LogP contribution in [0.3, 0.4) is 0 Å². The Kier molecular flexibility index (Phi) is 1.92. The molecule has 0 aromatic carbocycles. The number of epoxide rings is 2. The van der Waals surface area contributed by atoms with Crippen molar-refractivity contribution in [3.8, 4) is 0 Å². The van der Waals surface area contributed by atoms with Crippen LogP contribution in [-0.2, 0) is 19.0 Å². The monoisotopic (exact) mass is 296 g/mol. The van der Waals surface area contributed by atoms with Gasteiger partial charge in [-0.05, 0) is 5.92 Å². The summed E-state index contributed by atoms with van der Waals surface area (Å²) in [5, 5.41) is 22.5. The van der Waals surface area contributed by atoms with E-state index < -0.39 is 46.8 Å².